The number of phenolic OH excluding ortho intramolecular Hbond substituents is 1. The van der Waals surface area contributed by atoms with Gasteiger partial charge >= 0.3 is 5.97 Å². The summed E-state index contributed by atoms with van der Waals surface area (Å²) in [6.45, 7) is 2.12. The van der Waals surface area contributed by atoms with Gasteiger partial charge in [-0.25, -0.2) is 9.79 Å². The van der Waals surface area contributed by atoms with Gasteiger partial charge in [0, 0.05) is 21.7 Å². The number of hydrogen-bond donors (Lipinski definition) is 1. The van der Waals surface area contributed by atoms with Crippen molar-refractivity contribution in [3.05, 3.63) is 44.8 Å². The first kappa shape index (κ1) is 16.0. The molecule has 23 heavy (non-hydrogen) atoms. The van der Waals surface area contributed by atoms with E-state index in [1.807, 2.05) is 0 Å². The molecule has 0 bridgehead atoms. The van der Waals surface area contributed by atoms with Crippen molar-refractivity contribution in [2.24, 2.45) is 4.99 Å². The molecule has 1 aliphatic carbocycles. The molecule has 0 fully saturated rings. The van der Waals surface area contributed by atoms with Crippen molar-refractivity contribution in [2.75, 3.05) is 6.61 Å². The number of fused-ring (bicyclic) bond motifs is 1. The molecule has 0 spiro atoms. The Morgan fingerprint density at radius 3 is 3.09 bits per heavy atom. The highest BCUT2D eigenvalue weighted by Crippen LogP contribution is 2.41. The molecule has 0 saturated carbocycles. The molecular weight excluding hydrogens is 334 g/mol. The number of halogens is 1. The molecule has 0 amide bonds. The van der Waals surface area contributed by atoms with E-state index in [9.17, 15) is 9.90 Å². The number of aromatic hydroxyl groups is 1. The zero-order valence-electron chi connectivity index (χ0n) is 12.6. The number of aliphatic imine (C=N–C) groups is 1. The van der Waals surface area contributed by atoms with Gasteiger partial charge in [-0.3, -0.25) is 0 Å². The number of esters is 1. The van der Waals surface area contributed by atoms with E-state index in [1.54, 1.807) is 19.1 Å². The number of thiophene rings is 1. The normalized spacial score (nSPS) is 13.5. The van der Waals surface area contributed by atoms with E-state index >= 15 is 0 Å². The Morgan fingerprint density at radius 1 is 1.48 bits per heavy atom. The van der Waals surface area contributed by atoms with Gasteiger partial charge in [-0.15, -0.1) is 11.3 Å². The van der Waals surface area contributed by atoms with E-state index in [4.69, 9.17) is 16.3 Å². The molecule has 1 N–H and O–H groups in total. The van der Waals surface area contributed by atoms with Crippen LogP contribution in [0.15, 0.2) is 23.2 Å². The third-order valence-corrected chi connectivity index (χ3v) is 5.13. The molecule has 6 heteroatoms. The Bertz CT molecular complexity index is 782. The molecule has 1 aromatic carbocycles. The lowest BCUT2D eigenvalue weighted by Crippen LogP contribution is -2.06. The average molecular weight is 350 g/mol. The van der Waals surface area contributed by atoms with Gasteiger partial charge in [-0.2, -0.15) is 0 Å². The summed E-state index contributed by atoms with van der Waals surface area (Å²) in [5.74, 6) is -0.228. The molecular formula is C17H16ClNO3S. The van der Waals surface area contributed by atoms with Gasteiger partial charge in [0.1, 0.15) is 10.8 Å². The summed E-state index contributed by atoms with van der Waals surface area (Å²) in [6, 6.07) is 4.76. The third-order valence-electron chi connectivity index (χ3n) is 3.69. The molecule has 4 nitrogen and oxygen atoms in total. The molecule has 0 radical (unpaired) electrons. The zero-order valence-corrected chi connectivity index (χ0v) is 14.2. The van der Waals surface area contributed by atoms with E-state index in [1.165, 1.54) is 28.5 Å². The van der Waals surface area contributed by atoms with Crippen molar-refractivity contribution >= 4 is 40.1 Å². The van der Waals surface area contributed by atoms with Crippen molar-refractivity contribution in [3.63, 3.8) is 0 Å². The van der Waals surface area contributed by atoms with Gasteiger partial charge < -0.3 is 9.84 Å². The first-order valence-corrected chi connectivity index (χ1v) is 8.63. The van der Waals surface area contributed by atoms with Crippen LogP contribution >= 0.6 is 22.9 Å². The number of carbonyl (C=O) groups excluding carboxylic acids is 1. The second-order valence-corrected chi connectivity index (χ2v) is 6.74. The van der Waals surface area contributed by atoms with Gasteiger partial charge in [0.25, 0.3) is 0 Å². The number of ether oxygens (including phenoxy) is 1. The van der Waals surface area contributed by atoms with E-state index in [0.717, 1.165) is 24.8 Å². The summed E-state index contributed by atoms with van der Waals surface area (Å²) in [4.78, 5) is 17.9. The lowest BCUT2D eigenvalue weighted by molar-refractivity contribution is 0.0527. The number of hydrogen-bond acceptors (Lipinski definition) is 5. The molecule has 0 saturated heterocycles. The maximum absolute atomic E-state index is 12.3. The third kappa shape index (κ3) is 3.26. The Labute approximate surface area is 143 Å². The van der Waals surface area contributed by atoms with Crippen molar-refractivity contribution in [1.82, 2.24) is 0 Å². The first-order valence-electron chi connectivity index (χ1n) is 7.44. The SMILES string of the molecule is CCOC(=O)c1c(N=Cc2cc(Cl)ccc2O)sc2c1CCC2. The van der Waals surface area contributed by atoms with E-state index in [2.05, 4.69) is 4.99 Å². The van der Waals surface area contributed by atoms with E-state index in [0.29, 0.717) is 27.8 Å². The van der Waals surface area contributed by atoms with Gasteiger partial charge in [-0.05, 0) is 49.9 Å². The van der Waals surface area contributed by atoms with Crippen LogP contribution in [0.4, 0.5) is 5.00 Å². The summed E-state index contributed by atoms with van der Waals surface area (Å²) in [5.41, 5.74) is 2.15. The summed E-state index contributed by atoms with van der Waals surface area (Å²) in [5, 5.41) is 11.0. The molecule has 1 aromatic heterocycles. The summed E-state index contributed by atoms with van der Waals surface area (Å²) in [6.07, 6.45) is 4.46. The van der Waals surface area contributed by atoms with Crippen molar-refractivity contribution in [2.45, 2.75) is 26.2 Å². The number of benzene rings is 1. The van der Waals surface area contributed by atoms with Crippen molar-refractivity contribution in [1.29, 1.82) is 0 Å². The molecule has 120 valence electrons. The lowest BCUT2D eigenvalue weighted by Gasteiger charge is -2.03. The Kier molecular flexibility index (Phi) is 4.68. The molecule has 0 atom stereocenters. The predicted molar refractivity (Wildman–Crippen MR) is 92.7 cm³/mol. The fourth-order valence-corrected chi connectivity index (χ4v) is 4.05. The van der Waals surface area contributed by atoms with Crippen LogP contribution in [0.3, 0.4) is 0 Å². The molecule has 2 aromatic rings. The Hall–Kier alpha value is -1.85. The summed E-state index contributed by atoms with van der Waals surface area (Å²) < 4.78 is 5.17. The summed E-state index contributed by atoms with van der Waals surface area (Å²) >= 11 is 7.46. The van der Waals surface area contributed by atoms with Crippen molar-refractivity contribution in [3.8, 4) is 5.75 Å². The van der Waals surface area contributed by atoms with Gasteiger partial charge in [0.15, 0.2) is 0 Å². The molecule has 1 heterocycles. The second kappa shape index (κ2) is 6.72. The fourth-order valence-electron chi connectivity index (χ4n) is 2.65. The minimum atomic E-state index is -0.325. The van der Waals surface area contributed by atoms with Gasteiger partial charge in [-0.1, -0.05) is 11.6 Å². The van der Waals surface area contributed by atoms with Crippen molar-refractivity contribution < 1.29 is 14.6 Å². The molecule has 0 unspecified atom stereocenters. The fraction of sp³-hybridized carbons (Fsp3) is 0.294. The Balaban J connectivity index is 1.98. The zero-order chi connectivity index (χ0) is 16.4. The Morgan fingerprint density at radius 2 is 2.30 bits per heavy atom. The number of carbonyl (C=O) groups is 1. The van der Waals surface area contributed by atoms with Crippen LogP contribution < -0.4 is 0 Å². The number of nitrogens with zero attached hydrogens (tertiary/aromatic N) is 1. The van der Waals surface area contributed by atoms with Gasteiger partial charge in [0.2, 0.25) is 0 Å². The summed E-state index contributed by atoms with van der Waals surface area (Å²) in [7, 11) is 0. The monoisotopic (exact) mass is 349 g/mol. The number of aryl methyl sites for hydroxylation is 1. The van der Waals surface area contributed by atoms with Crippen LogP contribution in [-0.2, 0) is 17.6 Å². The first-order chi connectivity index (χ1) is 11.1. The van der Waals surface area contributed by atoms with Crippen LogP contribution in [0, 0.1) is 0 Å². The largest absolute Gasteiger partial charge is 0.507 e. The maximum Gasteiger partial charge on any atom is 0.341 e. The maximum atomic E-state index is 12.3. The minimum absolute atomic E-state index is 0.0972. The smallest absolute Gasteiger partial charge is 0.341 e. The highest BCUT2D eigenvalue weighted by molar-refractivity contribution is 7.16. The van der Waals surface area contributed by atoms with E-state index < -0.39 is 0 Å². The topological polar surface area (TPSA) is 58.9 Å². The van der Waals surface area contributed by atoms with Crippen LogP contribution in [0.2, 0.25) is 5.02 Å². The molecule has 0 aliphatic heterocycles. The van der Waals surface area contributed by atoms with Crippen LogP contribution in [0.25, 0.3) is 0 Å². The molecule has 1 aliphatic rings. The second-order valence-electron chi connectivity index (χ2n) is 5.22. The highest BCUT2D eigenvalue weighted by atomic mass is 35.5. The predicted octanol–water partition coefficient (Wildman–Crippen LogP) is 4.52. The average Bonchev–Trinajstić information content (AvgIpc) is 3.08. The standard InChI is InChI=1S/C17H16ClNO3S/c1-2-22-17(21)15-12-4-3-5-14(12)23-16(15)19-9-10-8-11(18)6-7-13(10)20/h6-9,20H,2-5H2,1H3. The number of rotatable bonds is 4. The van der Waals surface area contributed by atoms with Crippen LogP contribution in [0.1, 0.15) is 39.7 Å². The van der Waals surface area contributed by atoms with Crippen LogP contribution in [-0.4, -0.2) is 23.9 Å². The quantitative estimate of drug-likeness (QED) is 0.652. The minimum Gasteiger partial charge on any atom is -0.507 e. The number of phenols is 1. The van der Waals surface area contributed by atoms with Gasteiger partial charge in [0.05, 0.1) is 12.2 Å². The van der Waals surface area contributed by atoms with Crippen LogP contribution in [0.5, 0.6) is 5.75 Å². The lowest BCUT2D eigenvalue weighted by atomic mass is 10.1. The highest BCUT2D eigenvalue weighted by Gasteiger charge is 2.27. The van der Waals surface area contributed by atoms with E-state index in [-0.39, 0.29) is 11.7 Å². The molecule has 3 rings (SSSR count).